The Balaban J connectivity index is 2.10. The van der Waals surface area contributed by atoms with E-state index in [1.54, 1.807) is 11.3 Å². The normalized spacial score (nSPS) is 12.4. The molecule has 0 saturated carbocycles. The number of carbonyl (C=O) groups is 1. The van der Waals surface area contributed by atoms with E-state index in [1.165, 1.54) is 0 Å². The number of aromatic nitrogens is 2. The molecule has 18 heavy (non-hydrogen) atoms. The van der Waals surface area contributed by atoms with Crippen LogP contribution in [0.1, 0.15) is 39.7 Å². The fraction of sp³-hybridized carbons (Fsp3) is 0.385. The number of hydrogen-bond acceptors (Lipinski definition) is 3. The zero-order valence-electron chi connectivity index (χ0n) is 11.0. The first-order valence-corrected chi connectivity index (χ1v) is 6.72. The van der Waals surface area contributed by atoms with Crippen molar-refractivity contribution in [2.75, 3.05) is 0 Å². The maximum Gasteiger partial charge on any atom is 0.253 e. The van der Waals surface area contributed by atoms with Gasteiger partial charge >= 0.3 is 0 Å². The van der Waals surface area contributed by atoms with Crippen molar-refractivity contribution in [3.63, 3.8) is 0 Å². The summed E-state index contributed by atoms with van der Waals surface area (Å²) >= 11 is 1.57. The average Bonchev–Trinajstić information content (AvgIpc) is 2.87. The fourth-order valence-corrected chi connectivity index (χ4v) is 2.56. The monoisotopic (exact) mass is 263 g/mol. The van der Waals surface area contributed by atoms with Crippen LogP contribution in [0.3, 0.4) is 0 Å². The van der Waals surface area contributed by atoms with E-state index in [-0.39, 0.29) is 11.9 Å². The fourth-order valence-electron chi connectivity index (χ4n) is 1.76. The Hall–Kier alpha value is -1.62. The van der Waals surface area contributed by atoms with Crippen LogP contribution in [-0.2, 0) is 7.05 Å². The highest BCUT2D eigenvalue weighted by atomic mass is 32.1. The Morgan fingerprint density at radius 2 is 2.22 bits per heavy atom. The summed E-state index contributed by atoms with van der Waals surface area (Å²) in [4.78, 5) is 16.5. The van der Waals surface area contributed by atoms with Gasteiger partial charge in [0.1, 0.15) is 5.01 Å². The second-order valence-corrected chi connectivity index (χ2v) is 5.34. The lowest BCUT2D eigenvalue weighted by Gasteiger charge is -2.11. The number of thiazole rings is 1. The molecule has 0 unspecified atom stereocenters. The first-order valence-electron chi connectivity index (χ1n) is 5.84. The molecule has 1 N–H and O–H groups in total. The minimum atomic E-state index is -0.0594. The van der Waals surface area contributed by atoms with E-state index in [0.717, 1.165) is 22.0 Å². The maximum absolute atomic E-state index is 12.1. The van der Waals surface area contributed by atoms with Gasteiger partial charge in [0, 0.05) is 30.0 Å². The van der Waals surface area contributed by atoms with Crippen molar-refractivity contribution < 1.29 is 4.79 Å². The topological polar surface area (TPSA) is 46.9 Å². The van der Waals surface area contributed by atoms with E-state index >= 15 is 0 Å². The molecule has 0 bridgehead atoms. The average molecular weight is 263 g/mol. The molecule has 0 radical (unpaired) electrons. The highest BCUT2D eigenvalue weighted by molar-refractivity contribution is 7.09. The lowest BCUT2D eigenvalue weighted by molar-refractivity contribution is 0.0939. The van der Waals surface area contributed by atoms with Crippen molar-refractivity contribution in [1.29, 1.82) is 0 Å². The second-order valence-electron chi connectivity index (χ2n) is 4.45. The predicted octanol–water partition coefficient (Wildman–Crippen LogP) is 2.59. The van der Waals surface area contributed by atoms with Gasteiger partial charge in [-0.2, -0.15) is 0 Å². The number of nitrogens with one attached hydrogen (secondary N) is 1. The molecule has 0 saturated heterocycles. The molecule has 2 aromatic heterocycles. The zero-order valence-corrected chi connectivity index (χ0v) is 11.8. The van der Waals surface area contributed by atoms with Crippen molar-refractivity contribution in [2.24, 2.45) is 7.05 Å². The first kappa shape index (κ1) is 12.8. The molecule has 0 fully saturated rings. The van der Waals surface area contributed by atoms with Gasteiger partial charge in [-0.05, 0) is 26.8 Å². The van der Waals surface area contributed by atoms with Gasteiger partial charge < -0.3 is 9.88 Å². The van der Waals surface area contributed by atoms with Crippen molar-refractivity contribution in [3.05, 3.63) is 39.6 Å². The number of aryl methyl sites for hydroxylation is 2. The number of hydrogen-bond donors (Lipinski definition) is 1. The molecule has 96 valence electrons. The van der Waals surface area contributed by atoms with E-state index < -0.39 is 0 Å². The first-order chi connectivity index (χ1) is 8.49. The highest BCUT2D eigenvalue weighted by Gasteiger charge is 2.16. The van der Waals surface area contributed by atoms with Crippen LogP contribution in [-0.4, -0.2) is 15.5 Å². The third-order valence-corrected chi connectivity index (χ3v) is 4.13. The predicted molar refractivity (Wildman–Crippen MR) is 72.9 cm³/mol. The summed E-state index contributed by atoms with van der Waals surface area (Å²) in [6.07, 6.45) is 1.89. The van der Waals surface area contributed by atoms with Gasteiger partial charge in [-0.1, -0.05) is 0 Å². The highest BCUT2D eigenvalue weighted by Crippen LogP contribution is 2.18. The standard InChI is InChI=1S/C13H17N3OS/c1-8-7-18-13(14-8)9(2)15-12(17)11-5-6-16(4)10(11)3/h5-7,9H,1-4H3,(H,15,17)/t9-/m1/s1. The summed E-state index contributed by atoms with van der Waals surface area (Å²) in [6.45, 7) is 5.84. The second kappa shape index (κ2) is 4.94. The van der Waals surface area contributed by atoms with Crippen molar-refractivity contribution in [2.45, 2.75) is 26.8 Å². The Labute approximate surface area is 111 Å². The minimum Gasteiger partial charge on any atom is -0.354 e. The van der Waals surface area contributed by atoms with Crippen LogP contribution in [0.2, 0.25) is 0 Å². The van der Waals surface area contributed by atoms with Crippen LogP contribution >= 0.6 is 11.3 Å². The molecule has 5 heteroatoms. The largest absolute Gasteiger partial charge is 0.354 e. The zero-order chi connectivity index (χ0) is 13.3. The summed E-state index contributed by atoms with van der Waals surface area (Å²) in [6, 6.07) is 1.78. The molecule has 0 aliphatic heterocycles. The molecule has 2 rings (SSSR count). The third-order valence-electron chi connectivity index (χ3n) is 2.98. The van der Waals surface area contributed by atoms with Gasteiger partial charge in [-0.3, -0.25) is 4.79 Å². The summed E-state index contributed by atoms with van der Waals surface area (Å²) in [5.74, 6) is -0.0477. The molecule has 4 nitrogen and oxygen atoms in total. The molecule has 0 aliphatic rings. The van der Waals surface area contributed by atoms with Crippen LogP contribution < -0.4 is 5.32 Å². The van der Waals surface area contributed by atoms with E-state index in [4.69, 9.17) is 0 Å². The molecule has 0 aromatic carbocycles. The summed E-state index contributed by atoms with van der Waals surface area (Å²) in [5.41, 5.74) is 2.68. The van der Waals surface area contributed by atoms with Crippen molar-refractivity contribution >= 4 is 17.2 Å². The Bertz CT molecular complexity index is 571. The van der Waals surface area contributed by atoms with Gasteiger partial charge in [0.15, 0.2) is 0 Å². The van der Waals surface area contributed by atoms with E-state index in [0.29, 0.717) is 0 Å². The van der Waals surface area contributed by atoms with Crippen LogP contribution in [0.25, 0.3) is 0 Å². The van der Waals surface area contributed by atoms with E-state index in [1.807, 2.05) is 50.0 Å². The third kappa shape index (κ3) is 2.46. The number of nitrogens with zero attached hydrogens (tertiary/aromatic N) is 2. The van der Waals surface area contributed by atoms with Crippen molar-refractivity contribution in [1.82, 2.24) is 14.9 Å². The van der Waals surface area contributed by atoms with Gasteiger partial charge in [0.2, 0.25) is 0 Å². The van der Waals surface area contributed by atoms with E-state index in [2.05, 4.69) is 10.3 Å². The molecule has 0 aliphatic carbocycles. The SMILES string of the molecule is Cc1csc([C@@H](C)NC(=O)c2ccn(C)c2C)n1. The van der Waals surface area contributed by atoms with E-state index in [9.17, 15) is 4.79 Å². The lowest BCUT2D eigenvalue weighted by atomic mass is 10.2. The maximum atomic E-state index is 12.1. The molecular formula is C13H17N3OS. The van der Waals surface area contributed by atoms with Gasteiger partial charge in [0.25, 0.3) is 5.91 Å². The molecule has 2 aromatic rings. The number of rotatable bonds is 3. The molecular weight excluding hydrogens is 246 g/mol. The molecule has 2 heterocycles. The minimum absolute atomic E-state index is 0.0477. The van der Waals surface area contributed by atoms with Crippen LogP contribution in [0, 0.1) is 13.8 Å². The Morgan fingerprint density at radius 1 is 1.50 bits per heavy atom. The van der Waals surface area contributed by atoms with Gasteiger partial charge in [-0.25, -0.2) is 4.98 Å². The summed E-state index contributed by atoms with van der Waals surface area (Å²) < 4.78 is 1.94. The van der Waals surface area contributed by atoms with Crippen LogP contribution in [0.5, 0.6) is 0 Å². The Kier molecular flexibility index (Phi) is 3.52. The smallest absolute Gasteiger partial charge is 0.253 e. The lowest BCUT2D eigenvalue weighted by Crippen LogP contribution is -2.27. The molecule has 0 spiro atoms. The Morgan fingerprint density at radius 3 is 2.72 bits per heavy atom. The molecule has 1 atom stereocenters. The molecule has 1 amide bonds. The van der Waals surface area contributed by atoms with Gasteiger partial charge in [0.05, 0.1) is 11.6 Å². The van der Waals surface area contributed by atoms with Crippen LogP contribution in [0.15, 0.2) is 17.6 Å². The number of amides is 1. The summed E-state index contributed by atoms with van der Waals surface area (Å²) in [7, 11) is 1.93. The van der Waals surface area contributed by atoms with Crippen LogP contribution in [0.4, 0.5) is 0 Å². The quantitative estimate of drug-likeness (QED) is 0.925. The van der Waals surface area contributed by atoms with Gasteiger partial charge in [-0.15, -0.1) is 11.3 Å². The number of carbonyl (C=O) groups excluding carboxylic acids is 1. The summed E-state index contributed by atoms with van der Waals surface area (Å²) in [5, 5.41) is 5.91. The van der Waals surface area contributed by atoms with Crippen molar-refractivity contribution in [3.8, 4) is 0 Å².